The first-order chi connectivity index (χ1) is 14.8. The van der Waals surface area contributed by atoms with E-state index in [1.807, 2.05) is 6.07 Å². The summed E-state index contributed by atoms with van der Waals surface area (Å²) in [7, 11) is 0. The zero-order valence-corrected chi connectivity index (χ0v) is 18.5. The normalized spacial score (nSPS) is 15.0. The Morgan fingerprint density at radius 1 is 1.23 bits per heavy atom. The third-order valence-electron chi connectivity index (χ3n) is 4.90. The fourth-order valence-electron chi connectivity index (χ4n) is 3.39. The molecule has 2 aromatic rings. The molecule has 0 fully saturated rings. The quantitative estimate of drug-likeness (QED) is 0.678. The number of nitriles is 1. The highest BCUT2D eigenvalue weighted by molar-refractivity contribution is 7.17. The number of hydrogen-bond donors (Lipinski definition) is 1. The minimum atomic E-state index is -0.668. The van der Waals surface area contributed by atoms with Gasteiger partial charge in [0.2, 0.25) is 0 Å². The number of hydrogen-bond acceptors (Lipinski definition) is 7. The van der Waals surface area contributed by atoms with Gasteiger partial charge in [0.25, 0.3) is 5.91 Å². The second kappa shape index (κ2) is 9.75. The van der Waals surface area contributed by atoms with Crippen LogP contribution in [0.25, 0.3) is 0 Å². The number of ether oxygens (including phenoxy) is 2. The van der Waals surface area contributed by atoms with Gasteiger partial charge in [-0.25, -0.2) is 9.59 Å². The van der Waals surface area contributed by atoms with Gasteiger partial charge in [-0.1, -0.05) is 6.92 Å². The summed E-state index contributed by atoms with van der Waals surface area (Å²) in [6.45, 7) is 5.23. The molecule has 0 saturated carbocycles. The van der Waals surface area contributed by atoms with Gasteiger partial charge in [0.05, 0.1) is 28.9 Å². The van der Waals surface area contributed by atoms with Gasteiger partial charge in [-0.05, 0) is 68.9 Å². The maximum absolute atomic E-state index is 12.7. The predicted octanol–water partition coefficient (Wildman–Crippen LogP) is 4.11. The fourth-order valence-corrected chi connectivity index (χ4v) is 4.80. The topological polar surface area (TPSA) is 105 Å². The van der Waals surface area contributed by atoms with Gasteiger partial charge in [0.1, 0.15) is 5.00 Å². The van der Waals surface area contributed by atoms with Crippen molar-refractivity contribution in [1.29, 1.82) is 5.26 Å². The Hall–Kier alpha value is -3.18. The molecule has 1 N–H and O–H groups in total. The molecule has 1 atom stereocenters. The number of carbonyl (C=O) groups is 3. The minimum absolute atomic E-state index is 0.244. The van der Waals surface area contributed by atoms with Crippen molar-refractivity contribution >= 4 is 34.2 Å². The van der Waals surface area contributed by atoms with Crippen molar-refractivity contribution in [1.82, 2.24) is 0 Å². The third kappa shape index (κ3) is 5.50. The van der Waals surface area contributed by atoms with Gasteiger partial charge in [-0.3, -0.25) is 4.79 Å². The van der Waals surface area contributed by atoms with E-state index in [0.29, 0.717) is 22.0 Å². The van der Waals surface area contributed by atoms with E-state index >= 15 is 0 Å². The van der Waals surface area contributed by atoms with Gasteiger partial charge in [-0.15, -0.1) is 11.3 Å². The molecule has 1 aromatic carbocycles. The molecule has 0 aliphatic heterocycles. The highest BCUT2D eigenvalue weighted by Gasteiger charge is 2.29. The van der Waals surface area contributed by atoms with E-state index < -0.39 is 24.5 Å². The first kappa shape index (κ1) is 22.5. The number of esters is 2. The van der Waals surface area contributed by atoms with E-state index in [1.54, 1.807) is 13.8 Å². The molecule has 0 spiro atoms. The average molecular weight is 441 g/mol. The Balaban J connectivity index is 1.70. The summed E-state index contributed by atoms with van der Waals surface area (Å²) in [6, 6.07) is 7.90. The molecule has 1 unspecified atom stereocenters. The number of benzene rings is 1. The van der Waals surface area contributed by atoms with Crippen molar-refractivity contribution in [2.75, 3.05) is 11.9 Å². The largest absolute Gasteiger partial charge is 0.459 e. The maximum atomic E-state index is 12.7. The molecule has 162 valence electrons. The molecule has 8 heteroatoms. The van der Waals surface area contributed by atoms with Crippen molar-refractivity contribution in [2.24, 2.45) is 5.92 Å². The van der Waals surface area contributed by atoms with Gasteiger partial charge in [0.15, 0.2) is 6.61 Å². The summed E-state index contributed by atoms with van der Waals surface area (Å²) in [5.74, 6) is -1.14. The molecule has 0 bridgehead atoms. The van der Waals surface area contributed by atoms with Crippen molar-refractivity contribution in [3.05, 3.63) is 51.4 Å². The van der Waals surface area contributed by atoms with E-state index in [2.05, 4.69) is 12.2 Å². The number of thiophene rings is 1. The third-order valence-corrected chi connectivity index (χ3v) is 6.07. The van der Waals surface area contributed by atoms with Crippen molar-refractivity contribution < 1.29 is 23.9 Å². The fraction of sp³-hybridized carbons (Fsp3) is 0.391. The van der Waals surface area contributed by atoms with Crippen LogP contribution in [0.5, 0.6) is 0 Å². The SMILES string of the molecule is CC1CCc2c(sc(NC(=O)COC(=O)c3ccc(C#N)cc3)c2C(=O)OC(C)C)C1. The highest BCUT2D eigenvalue weighted by Crippen LogP contribution is 2.40. The first-order valence-electron chi connectivity index (χ1n) is 10.1. The summed E-state index contributed by atoms with van der Waals surface area (Å²) in [5, 5.41) is 12.0. The molecule has 1 aromatic heterocycles. The Bertz CT molecular complexity index is 1030. The lowest BCUT2D eigenvalue weighted by atomic mass is 9.88. The molecule has 3 rings (SSSR count). The molecule has 1 heterocycles. The van der Waals surface area contributed by atoms with E-state index in [9.17, 15) is 14.4 Å². The lowest BCUT2D eigenvalue weighted by Crippen LogP contribution is -2.22. The van der Waals surface area contributed by atoms with Crippen LogP contribution in [0.2, 0.25) is 0 Å². The number of anilines is 1. The highest BCUT2D eigenvalue weighted by atomic mass is 32.1. The lowest BCUT2D eigenvalue weighted by molar-refractivity contribution is -0.119. The molecule has 7 nitrogen and oxygen atoms in total. The summed E-state index contributed by atoms with van der Waals surface area (Å²) in [4.78, 5) is 38.4. The van der Waals surface area contributed by atoms with Crippen LogP contribution in [-0.4, -0.2) is 30.6 Å². The number of fused-ring (bicyclic) bond motifs is 1. The van der Waals surface area contributed by atoms with E-state index in [4.69, 9.17) is 14.7 Å². The van der Waals surface area contributed by atoms with Gasteiger partial charge in [-0.2, -0.15) is 5.26 Å². The average Bonchev–Trinajstić information content (AvgIpc) is 3.08. The van der Waals surface area contributed by atoms with Crippen LogP contribution < -0.4 is 5.32 Å². The van der Waals surface area contributed by atoms with Crippen LogP contribution in [0.3, 0.4) is 0 Å². The molecular formula is C23H24N2O5S. The molecule has 1 aliphatic carbocycles. The number of nitrogens with one attached hydrogen (secondary N) is 1. The first-order valence-corrected chi connectivity index (χ1v) is 10.9. The summed E-state index contributed by atoms with van der Waals surface area (Å²) >= 11 is 1.38. The maximum Gasteiger partial charge on any atom is 0.341 e. The van der Waals surface area contributed by atoms with Crippen LogP contribution in [-0.2, 0) is 27.1 Å². The van der Waals surface area contributed by atoms with Crippen molar-refractivity contribution in [3.8, 4) is 6.07 Å². The Kier molecular flexibility index (Phi) is 7.08. The number of amides is 1. The second-order valence-electron chi connectivity index (χ2n) is 7.82. The van der Waals surface area contributed by atoms with Crippen LogP contribution in [0.15, 0.2) is 24.3 Å². The van der Waals surface area contributed by atoms with E-state index in [0.717, 1.165) is 29.7 Å². The Labute approximate surface area is 185 Å². The molecule has 0 saturated heterocycles. The Morgan fingerprint density at radius 2 is 1.94 bits per heavy atom. The van der Waals surface area contributed by atoms with E-state index in [-0.39, 0.29) is 11.7 Å². The predicted molar refractivity (Wildman–Crippen MR) is 116 cm³/mol. The van der Waals surface area contributed by atoms with Crippen LogP contribution >= 0.6 is 11.3 Å². The lowest BCUT2D eigenvalue weighted by Gasteiger charge is -2.18. The molecule has 1 amide bonds. The molecule has 1 aliphatic rings. The van der Waals surface area contributed by atoms with Crippen molar-refractivity contribution in [3.63, 3.8) is 0 Å². The summed E-state index contributed by atoms with van der Waals surface area (Å²) in [6.07, 6.45) is 2.31. The summed E-state index contributed by atoms with van der Waals surface area (Å²) < 4.78 is 10.5. The zero-order chi connectivity index (χ0) is 22.5. The van der Waals surface area contributed by atoms with Crippen LogP contribution in [0.1, 0.15) is 63.9 Å². The number of nitrogens with zero attached hydrogens (tertiary/aromatic N) is 1. The Morgan fingerprint density at radius 3 is 2.58 bits per heavy atom. The van der Waals surface area contributed by atoms with Gasteiger partial charge >= 0.3 is 11.9 Å². The van der Waals surface area contributed by atoms with Gasteiger partial charge in [0, 0.05) is 4.88 Å². The molecular weight excluding hydrogens is 416 g/mol. The number of carbonyl (C=O) groups excluding carboxylic acids is 3. The minimum Gasteiger partial charge on any atom is -0.459 e. The zero-order valence-electron chi connectivity index (χ0n) is 17.7. The van der Waals surface area contributed by atoms with Crippen LogP contribution in [0, 0.1) is 17.2 Å². The van der Waals surface area contributed by atoms with Crippen molar-refractivity contribution in [2.45, 2.75) is 46.1 Å². The van der Waals surface area contributed by atoms with Crippen LogP contribution in [0.4, 0.5) is 5.00 Å². The smallest absolute Gasteiger partial charge is 0.341 e. The molecule has 0 radical (unpaired) electrons. The van der Waals surface area contributed by atoms with Gasteiger partial charge < -0.3 is 14.8 Å². The summed E-state index contributed by atoms with van der Waals surface area (Å²) in [5.41, 5.74) is 2.02. The van der Waals surface area contributed by atoms with E-state index in [1.165, 1.54) is 35.6 Å². The molecule has 31 heavy (non-hydrogen) atoms. The monoisotopic (exact) mass is 440 g/mol. The second-order valence-corrected chi connectivity index (χ2v) is 8.93. The standard InChI is InChI=1S/C23H24N2O5S/c1-13(2)30-23(28)20-17-9-4-14(3)10-18(17)31-21(20)25-19(26)12-29-22(27)16-7-5-15(11-24)6-8-16/h5-8,13-14H,4,9-10,12H2,1-3H3,(H,25,26). The number of rotatable bonds is 6.